The summed E-state index contributed by atoms with van der Waals surface area (Å²) < 4.78 is 5.84. The van der Waals surface area contributed by atoms with E-state index in [-0.39, 0.29) is 6.10 Å². The molecular formula is C23H29NO3. The maximum Gasteiger partial charge on any atom is 0.328 e. The number of rotatable bonds is 8. The molecule has 144 valence electrons. The number of anilines is 1. The molecule has 0 aliphatic heterocycles. The molecule has 27 heavy (non-hydrogen) atoms. The van der Waals surface area contributed by atoms with Crippen LogP contribution in [-0.2, 0) is 4.79 Å². The smallest absolute Gasteiger partial charge is 0.328 e. The third-order valence-corrected chi connectivity index (χ3v) is 3.84. The van der Waals surface area contributed by atoms with Gasteiger partial charge in [0.1, 0.15) is 5.75 Å². The Hall–Kier alpha value is -3.01. The Kier molecular flexibility index (Phi) is 10.1. The number of hydrogen-bond donors (Lipinski definition) is 2. The van der Waals surface area contributed by atoms with Gasteiger partial charge in [0.15, 0.2) is 0 Å². The lowest BCUT2D eigenvalue weighted by Gasteiger charge is -2.16. The van der Waals surface area contributed by atoms with Gasteiger partial charge in [-0.15, -0.1) is 0 Å². The van der Waals surface area contributed by atoms with Gasteiger partial charge in [0.2, 0.25) is 0 Å². The highest BCUT2D eigenvalue weighted by atomic mass is 16.5. The van der Waals surface area contributed by atoms with Crippen molar-refractivity contribution < 1.29 is 14.6 Å². The molecule has 0 fully saturated rings. The van der Waals surface area contributed by atoms with Crippen LogP contribution >= 0.6 is 0 Å². The van der Waals surface area contributed by atoms with Crippen molar-refractivity contribution in [2.75, 3.05) is 5.73 Å². The van der Waals surface area contributed by atoms with Gasteiger partial charge in [-0.1, -0.05) is 57.2 Å². The van der Waals surface area contributed by atoms with E-state index in [1.165, 1.54) is 0 Å². The first-order valence-electron chi connectivity index (χ1n) is 9.14. The number of aliphatic carboxylic acids is 1. The van der Waals surface area contributed by atoms with Gasteiger partial charge in [0, 0.05) is 11.8 Å². The fourth-order valence-electron chi connectivity index (χ4n) is 2.32. The number of nitrogen functional groups attached to an aromatic ring is 1. The van der Waals surface area contributed by atoms with Crippen molar-refractivity contribution in [1.29, 1.82) is 0 Å². The summed E-state index contributed by atoms with van der Waals surface area (Å²) in [6.45, 7) is 7.88. The zero-order valence-corrected chi connectivity index (χ0v) is 16.1. The molecule has 4 nitrogen and oxygen atoms in total. The summed E-state index contributed by atoms with van der Waals surface area (Å²) in [5, 5.41) is 8.53. The lowest BCUT2D eigenvalue weighted by molar-refractivity contribution is -0.131. The number of carboxylic acid groups (broad SMARTS) is 1. The third kappa shape index (κ3) is 9.31. The van der Waals surface area contributed by atoms with Crippen LogP contribution in [0, 0.1) is 0 Å². The fourth-order valence-corrected chi connectivity index (χ4v) is 2.32. The van der Waals surface area contributed by atoms with Crippen molar-refractivity contribution in [3.05, 3.63) is 72.3 Å². The van der Waals surface area contributed by atoms with Crippen LogP contribution in [-0.4, -0.2) is 17.2 Å². The van der Waals surface area contributed by atoms with Crippen molar-refractivity contribution in [3.63, 3.8) is 0 Å². The number of hydrogen-bond acceptors (Lipinski definition) is 3. The van der Waals surface area contributed by atoms with Gasteiger partial charge in [-0.25, -0.2) is 4.79 Å². The van der Waals surface area contributed by atoms with Crippen LogP contribution in [0.15, 0.2) is 61.2 Å². The van der Waals surface area contributed by atoms with E-state index >= 15 is 0 Å². The van der Waals surface area contributed by atoms with E-state index in [2.05, 4.69) is 20.4 Å². The van der Waals surface area contributed by atoms with E-state index in [9.17, 15) is 4.79 Å². The van der Waals surface area contributed by atoms with Crippen LogP contribution in [0.1, 0.15) is 44.2 Å². The van der Waals surface area contributed by atoms with Crippen LogP contribution in [0.25, 0.3) is 12.2 Å². The average Bonchev–Trinajstić information content (AvgIpc) is 2.68. The SMILES string of the molecule is C=Cc1ccc(N)cc1.CCCC(CC)Oc1ccc(C=CC(=O)O)cc1. The largest absolute Gasteiger partial charge is 0.490 e. The molecule has 0 radical (unpaired) electrons. The molecule has 2 rings (SSSR count). The van der Waals surface area contributed by atoms with Crippen LogP contribution < -0.4 is 10.5 Å². The van der Waals surface area contributed by atoms with Gasteiger partial charge in [-0.2, -0.15) is 0 Å². The Bertz CT molecular complexity index is 718. The van der Waals surface area contributed by atoms with Gasteiger partial charge >= 0.3 is 5.97 Å². The monoisotopic (exact) mass is 367 g/mol. The van der Waals surface area contributed by atoms with Gasteiger partial charge in [-0.3, -0.25) is 0 Å². The quantitative estimate of drug-likeness (QED) is 0.467. The Morgan fingerprint density at radius 2 is 1.70 bits per heavy atom. The number of benzene rings is 2. The molecule has 1 atom stereocenters. The van der Waals surface area contributed by atoms with Crippen LogP contribution in [0.5, 0.6) is 5.75 Å². The number of carbonyl (C=O) groups is 1. The molecule has 0 heterocycles. The molecular weight excluding hydrogens is 338 g/mol. The Labute approximate surface area is 162 Å². The molecule has 0 saturated heterocycles. The molecule has 0 aliphatic rings. The van der Waals surface area contributed by atoms with Gasteiger partial charge in [0.25, 0.3) is 0 Å². The van der Waals surface area contributed by atoms with E-state index in [0.29, 0.717) is 0 Å². The molecule has 0 aliphatic carbocycles. The molecule has 0 saturated carbocycles. The summed E-state index contributed by atoms with van der Waals surface area (Å²) >= 11 is 0. The Balaban J connectivity index is 0.000000337. The first-order valence-corrected chi connectivity index (χ1v) is 9.14. The zero-order chi connectivity index (χ0) is 20.1. The summed E-state index contributed by atoms with van der Waals surface area (Å²) in [5.41, 5.74) is 8.20. The van der Waals surface area contributed by atoms with Crippen LogP contribution in [0.3, 0.4) is 0 Å². The summed E-state index contributed by atoms with van der Waals surface area (Å²) in [5.74, 6) is -0.105. The number of carboxylic acids is 1. The third-order valence-electron chi connectivity index (χ3n) is 3.84. The second-order valence-electron chi connectivity index (χ2n) is 6.05. The van der Waals surface area contributed by atoms with Gasteiger partial charge < -0.3 is 15.6 Å². The van der Waals surface area contributed by atoms with Crippen molar-refractivity contribution >= 4 is 23.8 Å². The van der Waals surface area contributed by atoms with E-state index in [0.717, 1.165) is 47.9 Å². The highest BCUT2D eigenvalue weighted by Crippen LogP contribution is 2.17. The summed E-state index contributed by atoms with van der Waals surface area (Å²) in [6.07, 6.45) is 7.90. The normalized spacial score (nSPS) is 11.3. The molecule has 3 N–H and O–H groups in total. The summed E-state index contributed by atoms with van der Waals surface area (Å²) in [6, 6.07) is 15.0. The molecule has 2 aromatic rings. The molecule has 1 unspecified atom stereocenters. The van der Waals surface area contributed by atoms with Crippen LogP contribution in [0.2, 0.25) is 0 Å². The van der Waals surface area contributed by atoms with Crippen molar-refractivity contribution in [2.24, 2.45) is 0 Å². The maximum absolute atomic E-state index is 10.4. The van der Waals surface area contributed by atoms with E-state index in [4.69, 9.17) is 15.6 Å². The molecule has 0 spiro atoms. The predicted octanol–water partition coefficient (Wildman–Crippen LogP) is 5.65. The molecule has 0 aromatic heterocycles. The lowest BCUT2D eigenvalue weighted by Crippen LogP contribution is -2.14. The average molecular weight is 367 g/mol. The van der Waals surface area contributed by atoms with Gasteiger partial charge in [-0.05, 0) is 54.3 Å². The minimum Gasteiger partial charge on any atom is -0.490 e. The first kappa shape index (κ1) is 22.0. The molecule has 0 amide bonds. The molecule has 4 heteroatoms. The number of ether oxygens (including phenoxy) is 1. The fraction of sp³-hybridized carbons (Fsp3) is 0.261. The maximum atomic E-state index is 10.4. The topological polar surface area (TPSA) is 72.5 Å². The van der Waals surface area contributed by atoms with Crippen molar-refractivity contribution in [1.82, 2.24) is 0 Å². The Morgan fingerprint density at radius 1 is 1.11 bits per heavy atom. The lowest BCUT2D eigenvalue weighted by atomic mass is 10.1. The second-order valence-corrected chi connectivity index (χ2v) is 6.05. The number of nitrogens with two attached hydrogens (primary N) is 1. The minimum atomic E-state index is -0.940. The minimum absolute atomic E-state index is 0.260. The summed E-state index contributed by atoms with van der Waals surface area (Å²) in [7, 11) is 0. The van der Waals surface area contributed by atoms with Crippen molar-refractivity contribution in [3.8, 4) is 5.75 Å². The first-order chi connectivity index (χ1) is 13.0. The Morgan fingerprint density at radius 3 is 2.19 bits per heavy atom. The predicted molar refractivity (Wildman–Crippen MR) is 114 cm³/mol. The van der Waals surface area contributed by atoms with Crippen LogP contribution in [0.4, 0.5) is 5.69 Å². The molecule has 2 aromatic carbocycles. The van der Waals surface area contributed by atoms with Crippen molar-refractivity contribution in [2.45, 2.75) is 39.2 Å². The van der Waals surface area contributed by atoms with Gasteiger partial charge in [0.05, 0.1) is 6.10 Å². The van der Waals surface area contributed by atoms with E-state index in [1.807, 2.05) is 48.5 Å². The standard InChI is InChI=1S/C15H20O3.C8H9N/c1-3-5-13(4-2)18-14-9-6-12(7-10-14)8-11-15(16)17;1-2-7-3-5-8(9)6-4-7/h6-11,13H,3-5H2,1-2H3,(H,16,17);2-6H,1,9H2. The highest BCUT2D eigenvalue weighted by molar-refractivity contribution is 5.85. The highest BCUT2D eigenvalue weighted by Gasteiger charge is 2.06. The van der Waals surface area contributed by atoms with E-state index < -0.39 is 5.97 Å². The summed E-state index contributed by atoms with van der Waals surface area (Å²) in [4.78, 5) is 10.4. The second kappa shape index (κ2) is 12.4. The zero-order valence-electron chi connectivity index (χ0n) is 16.1. The van der Waals surface area contributed by atoms with E-state index in [1.54, 1.807) is 12.2 Å². The molecule has 0 bridgehead atoms.